The van der Waals surface area contributed by atoms with Gasteiger partial charge in [0.15, 0.2) is 0 Å². The number of amides is 2. The molecule has 8 nitrogen and oxygen atoms in total. The molecule has 0 spiro atoms. The number of hydrogen-bond donors (Lipinski definition) is 3. The normalized spacial score (nSPS) is 11.3. The van der Waals surface area contributed by atoms with Crippen molar-refractivity contribution < 1.29 is 29.0 Å². The predicted molar refractivity (Wildman–Crippen MR) is 107 cm³/mol. The fourth-order valence-electron chi connectivity index (χ4n) is 2.56. The highest BCUT2D eigenvalue weighted by atomic mass is 16.5. The Morgan fingerprint density at radius 2 is 1.76 bits per heavy atom. The molecule has 0 radical (unpaired) electrons. The van der Waals surface area contributed by atoms with Crippen LogP contribution in [0.2, 0.25) is 0 Å². The molecule has 0 aliphatic heterocycles. The number of aliphatic carboxylic acids is 1. The van der Waals surface area contributed by atoms with Crippen LogP contribution in [0.1, 0.15) is 57.4 Å². The summed E-state index contributed by atoms with van der Waals surface area (Å²) in [5.74, 6) is -1.52. The van der Waals surface area contributed by atoms with Gasteiger partial charge in [0.1, 0.15) is 18.4 Å². The zero-order chi connectivity index (χ0) is 21.5. The van der Waals surface area contributed by atoms with Gasteiger partial charge < -0.3 is 20.5 Å². The first-order valence-corrected chi connectivity index (χ1v) is 9.90. The van der Waals surface area contributed by atoms with Gasteiger partial charge in [-0.15, -0.1) is 0 Å². The minimum atomic E-state index is -1.14. The largest absolute Gasteiger partial charge is 0.480 e. The monoisotopic (exact) mass is 406 g/mol. The molecule has 160 valence electrons. The molecular weight excluding hydrogens is 376 g/mol. The quantitative estimate of drug-likeness (QED) is 0.408. The van der Waals surface area contributed by atoms with Crippen molar-refractivity contribution in [2.45, 2.75) is 64.5 Å². The molecule has 1 aromatic carbocycles. The average molecular weight is 406 g/mol. The number of carbonyl (C=O) groups excluding carboxylic acids is 3. The fraction of sp³-hybridized carbons (Fsp3) is 0.524. The number of unbranched alkanes of at least 4 members (excludes halogenated alkanes) is 2. The zero-order valence-corrected chi connectivity index (χ0v) is 16.8. The number of ketones is 1. The number of benzene rings is 1. The third-order valence-corrected chi connectivity index (χ3v) is 4.30. The first kappa shape index (κ1) is 24.1. The number of rotatable bonds is 14. The first-order valence-electron chi connectivity index (χ1n) is 9.90. The Morgan fingerprint density at radius 1 is 1.03 bits per heavy atom. The maximum Gasteiger partial charge on any atom is 0.407 e. The second-order valence-electron chi connectivity index (χ2n) is 6.69. The molecule has 1 rings (SSSR count). The van der Waals surface area contributed by atoms with Crippen LogP contribution in [0, 0.1) is 0 Å². The molecule has 0 saturated heterocycles. The molecule has 0 bridgehead atoms. The molecule has 8 heteroatoms. The Bertz CT molecular complexity index is 662. The van der Waals surface area contributed by atoms with Crippen LogP contribution in [0.15, 0.2) is 30.3 Å². The third-order valence-electron chi connectivity index (χ3n) is 4.30. The Kier molecular flexibility index (Phi) is 11.8. The van der Waals surface area contributed by atoms with E-state index < -0.39 is 18.1 Å². The average Bonchev–Trinajstić information content (AvgIpc) is 2.72. The molecule has 0 fully saturated rings. The number of hydrogen-bond acceptors (Lipinski definition) is 5. The van der Waals surface area contributed by atoms with Gasteiger partial charge in [-0.3, -0.25) is 9.59 Å². The van der Waals surface area contributed by atoms with Crippen LogP contribution >= 0.6 is 0 Å². The fourth-order valence-corrected chi connectivity index (χ4v) is 2.56. The van der Waals surface area contributed by atoms with E-state index in [0.717, 1.165) is 5.56 Å². The number of Topliss-reactive ketones (excluding diaryl/α,β-unsaturated/α-hetero) is 1. The lowest BCUT2D eigenvalue weighted by Gasteiger charge is -2.14. The highest BCUT2D eigenvalue weighted by molar-refractivity contribution is 5.84. The van der Waals surface area contributed by atoms with Crippen molar-refractivity contribution in [1.82, 2.24) is 10.6 Å². The number of carboxylic acid groups (broad SMARTS) is 1. The van der Waals surface area contributed by atoms with Crippen LogP contribution in [-0.4, -0.2) is 41.4 Å². The van der Waals surface area contributed by atoms with Gasteiger partial charge in [-0.25, -0.2) is 9.59 Å². The van der Waals surface area contributed by atoms with Gasteiger partial charge in [0, 0.05) is 25.8 Å². The van der Waals surface area contributed by atoms with E-state index in [-0.39, 0.29) is 37.6 Å². The highest BCUT2D eigenvalue weighted by Gasteiger charge is 2.20. The number of alkyl carbamates (subject to hydrolysis) is 1. The van der Waals surface area contributed by atoms with Crippen molar-refractivity contribution in [3.05, 3.63) is 35.9 Å². The molecule has 3 N–H and O–H groups in total. The number of carboxylic acids is 1. The number of nitrogens with one attached hydrogen (secondary N) is 2. The van der Waals surface area contributed by atoms with Crippen molar-refractivity contribution in [3.63, 3.8) is 0 Å². The highest BCUT2D eigenvalue weighted by Crippen LogP contribution is 2.04. The molecule has 0 saturated carbocycles. The van der Waals surface area contributed by atoms with Crippen molar-refractivity contribution in [2.75, 3.05) is 6.54 Å². The SMILES string of the molecule is CCC(=O)CC[C@@H](NC(=O)CCCCCNC(=O)OCc1ccccc1)C(=O)O. The van der Waals surface area contributed by atoms with E-state index in [0.29, 0.717) is 32.2 Å². The van der Waals surface area contributed by atoms with Crippen molar-refractivity contribution in [1.29, 1.82) is 0 Å². The molecule has 0 aromatic heterocycles. The van der Waals surface area contributed by atoms with E-state index in [1.807, 2.05) is 30.3 Å². The Hall–Kier alpha value is -2.90. The van der Waals surface area contributed by atoms with E-state index in [1.54, 1.807) is 6.92 Å². The summed E-state index contributed by atoms with van der Waals surface area (Å²) in [6, 6.07) is 8.33. The summed E-state index contributed by atoms with van der Waals surface area (Å²) >= 11 is 0. The molecule has 1 aromatic rings. The van der Waals surface area contributed by atoms with Crippen molar-refractivity contribution >= 4 is 23.8 Å². The summed E-state index contributed by atoms with van der Waals surface area (Å²) in [5, 5.41) is 14.2. The van der Waals surface area contributed by atoms with Gasteiger partial charge in [-0.05, 0) is 24.8 Å². The summed E-state index contributed by atoms with van der Waals surface area (Å²) < 4.78 is 5.09. The van der Waals surface area contributed by atoms with Gasteiger partial charge in [-0.1, -0.05) is 43.7 Å². The van der Waals surface area contributed by atoms with Gasteiger partial charge in [0.2, 0.25) is 5.91 Å². The Morgan fingerprint density at radius 3 is 2.41 bits per heavy atom. The standard InChI is InChI=1S/C21H30N2O6/c1-2-17(24)12-13-18(20(26)27)23-19(25)11-7-4-8-14-22-21(28)29-15-16-9-5-3-6-10-16/h3,5-6,9-10,18H,2,4,7-8,11-15H2,1H3,(H,22,28)(H,23,25)(H,26,27)/t18-/m1/s1. The first-order chi connectivity index (χ1) is 13.9. The summed E-state index contributed by atoms with van der Waals surface area (Å²) in [6.45, 7) is 2.36. The van der Waals surface area contributed by atoms with E-state index in [1.165, 1.54) is 0 Å². The lowest BCUT2D eigenvalue weighted by Crippen LogP contribution is -2.41. The number of ether oxygens (including phenoxy) is 1. The number of carbonyl (C=O) groups is 4. The zero-order valence-electron chi connectivity index (χ0n) is 16.8. The lowest BCUT2D eigenvalue weighted by atomic mass is 10.1. The van der Waals surface area contributed by atoms with Crippen LogP contribution < -0.4 is 10.6 Å². The minimum absolute atomic E-state index is 0.0275. The van der Waals surface area contributed by atoms with Crippen LogP contribution in [0.25, 0.3) is 0 Å². The molecule has 0 heterocycles. The summed E-state index contributed by atoms with van der Waals surface area (Å²) in [7, 11) is 0. The van der Waals surface area contributed by atoms with Crippen molar-refractivity contribution in [2.24, 2.45) is 0 Å². The second-order valence-corrected chi connectivity index (χ2v) is 6.69. The molecular formula is C21H30N2O6. The van der Waals surface area contributed by atoms with Crippen LogP contribution in [0.5, 0.6) is 0 Å². The summed E-state index contributed by atoms with van der Waals surface area (Å²) in [5.41, 5.74) is 0.910. The molecule has 0 aliphatic rings. The molecule has 2 amide bonds. The smallest absolute Gasteiger partial charge is 0.407 e. The maximum absolute atomic E-state index is 11.9. The molecule has 1 atom stereocenters. The van der Waals surface area contributed by atoms with Gasteiger partial charge in [0.05, 0.1) is 0 Å². The lowest BCUT2D eigenvalue weighted by molar-refractivity contribution is -0.142. The van der Waals surface area contributed by atoms with E-state index >= 15 is 0 Å². The molecule has 0 unspecified atom stereocenters. The summed E-state index contributed by atoms with van der Waals surface area (Å²) in [4.78, 5) is 46.0. The minimum Gasteiger partial charge on any atom is -0.480 e. The van der Waals surface area contributed by atoms with Gasteiger partial charge in [-0.2, -0.15) is 0 Å². The van der Waals surface area contributed by atoms with Gasteiger partial charge >= 0.3 is 12.1 Å². The Balaban J connectivity index is 2.10. The maximum atomic E-state index is 11.9. The third kappa shape index (κ3) is 11.5. The van der Waals surface area contributed by atoms with Crippen LogP contribution in [0.4, 0.5) is 4.79 Å². The summed E-state index contributed by atoms with van der Waals surface area (Å²) in [6.07, 6.45) is 2.27. The van der Waals surface area contributed by atoms with Crippen molar-refractivity contribution in [3.8, 4) is 0 Å². The van der Waals surface area contributed by atoms with E-state index in [4.69, 9.17) is 9.84 Å². The van der Waals surface area contributed by atoms with E-state index in [9.17, 15) is 19.2 Å². The molecule has 0 aliphatic carbocycles. The van der Waals surface area contributed by atoms with Crippen LogP contribution in [-0.2, 0) is 25.7 Å². The Labute approximate surface area is 171 Å². The second kappa shape index (κ2) is 14.1. The van der Waals surface area contributed by atoms with Gasteiger partial charge in [0.25, 0.3) is 0 Å². The molecule has 29 heavy (non-hydrogen) atoms. The predicted octanol–water partition coefficient (Wildman–Crippen LogP) is 2.80. The van der Waals surface area contributed by atoms with Crippen LogP contribution in [0.3, 0.4) is 0 Å². The topological polar surface area (TPSA) is 122 Å². The van der Waals surface area contributed by atoms with E-state index in [2.05, 4.69) is 10.6 Å².